The Morgan fingerprint density at radius 1 is 1.43 bits per heavy atom. The van der Waals surface area contributed by atoms with Crippen LogP contribution in [0.25, 0.3) is 0 Å². The molecule has 1 fully saturated rings. The van der Waals surface area contributed by atoms with E-state index in [1.54, 1.807) is 16.7 Å². The topological polar surface area (TPSA) is 55.3 Å². The van der Waals surface area contributed by atoms with Gasteiger partial charge in [0, 0.05) is 18.8 Å². The number of nitrogens with zero attached hydrogens (tertiary/aromatic N) is 3. The third kappa shape index (κ3) is 5.19. The lowest BCUT2D eigenvalue weighted by molar-refractivity contribution is 0.0289. The zero-order valence-corrected chi connectivity index (χ0v) is 13.9. The van der Waals surface area contributed by atoms with E-state index in [1.165, 1.54) is 0 Å². The van der Waals surface area contributed by atoms with Gasteiger partial charge in [-0.15, -0.1) is 16.9 Å². The number of carbonyl (C=O) groups excluding carboxylic acids is 1. The first-order valence-electron chi connectivity index (χ1n) is 7.24. The van der Waals surface area contributed by atoms with Gasteiger partial charge in [-0.2, -0.15) is 5.10 Å². The maximum absolute atomic E-state index is 12.0. The molecule has 1 atom stereocenters. The van der Waals surface area contributed by atoms with Crippen LogP contribution in [0, 0.1) is 12.8 Å². The highest BCUT2D eigenvalue weighted by molar-refractivity contribution is 7.99. The van der Waals surface area contributed by atoms with Crippen LogP contribution < -0.4 is 0 Å². The Morgan fingerprint density at radius 3 is 2.81 bits per heavy atom. The van der Waals surface area contributed by atoms with E-state index in [0.717, 1.165) is 36.0 Å². The third-order valence-electron chi connectivity index (χ3n) is 3.18. The minimum absolute atomic E-state index is 0.204. The molecule has 0 bridgehead atoms. The highest BCUT2D eigenvalue weighted by Gasteiger charge is 2.29. The van der Waals surface area contributed by atoms with Gasteiger partial charge >= 0.3 is 6.09 Å². The number of thioether (sulfide) groups is 1. The Labute approximate surface area is 130 Å². The lowest BCUT2D eigenvalue weighted by Crippen LogP contribution is -2.35. The highest BCUT2D eigenvalue weighted by Crippen LogP contribution is 2.25. The first-order chi connectivity index (χ1) is 9.83. The van der Waals surface area contributed by atoms with Crippen LogP contribution in [0.4, 0.5) is 4.79 Å². The first kappa shape index (κ1) is 16.1. The number of hydrogen-bond acceptors (Lipinski definition) is 5. The summed E-state index contributed by atoms with van der Waals surface area (Å²) in [5, 5.41) is 9.14. The first-order valence-corrected chi connectivity index (χ1v) is 8.23. The molecule has 1 aromatic rings. The van der Waals surface area contributed by atoms with E-state index in [-0.39, 0.29) is 6.09 Å². The van der Waals surface area contributed by atoms with Crippen molar-refractivity contribution in [3.05, 3.63) is 17.8 Å². The van der Waals surface area contributed by atoms with E-state index in [2.05, 4.69) is 10.2 Å². The van der Waals surface area contributed by atoms with Gasteiger partial charge in [0.25, 0.3) is 0 Å². The van der Waals surface area contributed by atoms with Gasteiger partial charge < -0.3 is 9.64 Å². The summed E-state index contributed by atoms with van der Waals surface area (Å²) >= 11 is 1.70. The van der Waals surface area contributed by atoms with Gasteiger partial charge in [0.05, 0.1) is 5.69 Å². The number of carbonyl (C=O) groups is 1. The molecule has 0 saturated carbocycles. The predicted molar refractivity (Wildman–Crippen MR) is 83.4 cm³/mol. The Balaban J connectivity index is 1.77. The average molecular weight is 309 g/mol. The number of amides is 1. The monoisotopic (exact) mass is 309 g/mol. The van der Waals surface area contributed by atoms with Crippen LogP contribution in [-0.4, -0.2) is 45.6 Å². The summed E-state index contributed by atoms with van der Waals surface area (Å²) in [6.45, 7) is 9.15. The molecule has 0 unspecified atom stereocenters. The van der Waals surface area contributed by atoms with Crippen molar-refractivity contribution in [3.8, 4) is 0 Å². The molecule has 0 aliphatic carbocycles. The van der Waals surface area contributed by atoms with Gasteiger partial charge in [-0.25, -0.2) is 4.79 Å². The summed E-state index contributed by atoms with van der Waals surface area (Å²) in [4.78, 5) is 13.8. The molecule has 1 saturated heterocycles. The number of aryl methyl sites for hydroxylation is 1. The van der Waals surface area contributed by atoms with Gasteiger partial charge in [0.1, 0.15) is 10.6 Å². The zero-order chi connectivity index (χ0) is 15.5. The van der Waals surface area contributed by atoms with Crippen molar-refractivity contribution in [1.29, 1.82) is 0 Å². The molecule has 1 aliphatic rings. The quantitative estimate of drug-likeness (QED) is 0.803. The van der Waals surface area contributed by atoms with Crippen molar-refractivity contribution < 1.29 is 9.53 Å². The number of likely N-dealkylation sites (tertiary alicyclic amines) is 1. The molecule has 116 valence electrons. The Morgan fingerprint density at radius 2 is 2.19 bits per heavy atom. The molecule has 0 N–H and O–H groups in total. The molecule has 1 aliphatic heterocycles. The fourth-order valence-electron chi connectivity index (χ4n) is 2.13. The van der Waals surface area contributed by atoms with E-state index >= 15 is 0 Å². The molecule has 0 aromatic carbocycles. The van der Waals surface area contributed by atoms with Crippen LogP contribution in [0.1, 0.15) is 32.9 Å². The highest BCUT2D eigenvalue weighted by atomic mass is 32.2. The number of hydrogen-bond donors (Lipinski definition) is 0. The maximum atomic E-state index is 12.0. The fourth-order valence-corrected chi connectivity index (χ4v) is 3.07. The Bertz CT molecular complexity index is 485. The smallest absolute Gasteiger partial charge is 0.410 e. The normalized spacial score (nSPS) is 18.9. The maximum Gasteiger partial charge on any atom is 0.410 e. The van der Waals surface area contributed by atoms with E-state index < -0.39 is 5.60 Å². The van der Waals surface area contributed by atoms with Crippen LogP contribution in [0.3, 0.4) is 0 Å². The van der Waals surface area contributed by atoms with E-state index in [1.807, 2.05) is 39.8 Å². The standard InChI is InChI=1S/C15H23N3O2S/c1-11-5-6-13(17-16-11)21-10-12-7-8-18(9-12)14(19)20-15(2,3)4/h5-6,12H,7-10H2,1-4H3/t12-/m1/s1. The van der Waals surface area contributed by atoms with Gasteiger partial charge in [0.2, 0.25) is 0 Å². The van der Waals surface area contributed by atoms with Gasteiger partial charge in [-0.05, 0) is 52.2 Å². The summed E-state index contributed by atoms with van der Waals surface area (Å²) in [6, 6.07) is 3.96. The molecule has 1 amide bonds. The SMILES string of the molecule is Cc1ccc(SC[C@@H]2CCN(C(=O)OC(C)(C)C)C2)nn1. The lowest BCUT2D eigenvalue weighted by Gasteiger charge is -2.24. The van der Waals surface area contributed by atoms with Crippen LogP contribution in [-0.2, 0) is 4.74 Å². The molecule has 21 heavy (non-hydrogen) atoms. The number of rotatable bonds is 3. The Hall–Kier alpha value is -1.30. The lowest BCUT2D eigenvalue weighted by atomic mass is 10.2. The van der Waals surface area contributed by atoms with E-state index in [4.69, 9.17) is 4.74 Å². The van der Waals surface area contributed by atoms with E-state index in [0.29, 0.717) is 5.92 Å². The minimum atomic E-state index is -0.429. The summed E-state index contributed by atoms with van der Waals surface area (Å²) in [5.74, 6) is 1.45. The van der Waals surface area contributed by atoms with Crippen molar-refractivity contribution in [1.82, 2.24) is 15.1 Å². The molecular formula is C15H23N3O2S. The van der Waals surface area contributed by atoms with Gasteiger partial charge in [-0.3, -0.25) is 0 Å². The summed E-state index contributed by atoms with van der Waals surface area (Å²) in [6.07, 6.45) is 0.816. The molecule has 0 radical (unpaired) electrons. The van der Waals surface area contributed by atoms with E-state index in [9.17, 15) is 4.79 Å². The molecule has 5 nitrogen and oxygen atoms in total. The Kier molecular flexibility index (Phi) is 5.08. The number of ether oxygens (including phenoxy) is 1. The van der Waals surface area contributed by atoms with Gasteiger partial charge in [0.15, 0.2) is 0 Å². The average Bonchev–Trinajstić information content (AvgIpc) is 2.85. The van der Waals surface area contributed by atoms with Crippen LogP contribution >= 0.6 is 11.8 Å². The third-order valence-corrected chi connectivity index (χ3v) is 4.33. The largest absolute Gasteiger partial charge is 0.444 e. The van der Waals surface area contributed by atoms with Crippen molar-refractivity contribution in [2.75, 3.05) is 18.8 Å². The van der Waals surface area contributed by atoms with Gasteiger partial charge in [-0.1, -0.05) is 0 Å². The summed E-state index contributed by atoms with van der Waals surface area (Å²) in [5.41, 5.74) is 0.498. The predicted octanol–water partition coefficient (Wildman–Crippen LogP) is 3.13. The van der Waals surface area contributed by atoms with Crippen molar-refractivity contribution >= 4 is 17.9 Å². The molecule has 6 heteroatoms. The summed E-state index contributed by atoms with van der Waals surface area (Å²) < 4.78 is 5.40. The van der Waals surface area contributed by atoms with Crippen LogP contribution in [0.2, 0.25) is 0 Å². The second-order valence-corrected chi connectivity index (χ2v) is 7.45. The van der Waals surface area contributed by atoms with Crippen molar-refractivity contribution in [2.24, 2.45) is 5.92 Å². The molecular weight excluding hydrogens is 286 g/mol. The zero-order valence-electron chi connectivity index (χ0n) is 13.1. The molecule has 1 aromatic heterocycles. The number of aromatic nitrogens is 2. The molecule has 0 spiro atoms. The second-order valence-electron chi connectivity index (χ2n) is 6.41. The van der Waals surface area contributed by atoms with Crippen molar-refractivity contribution in [2.45, 2.75) is 44.7 Å². The molecule has 2 rings (SSSR count). The van der Waals surface area contributed by atoms with Crippen LogP contribution in [0.5, 0.6) is 0 Å². The second kappa shape index (κ2) is 6.64. The summed E-state index contributed by atoms with van der Waals surface area (Å²) in [7, 11) is 0. The van der Waals surface area contributed by atoms with Crippen molar-refractivity contribution in [3.63, 3.8) is 0 Å². The van der Waals surface area contributed by atoms with Crippen LogP contribution in [0.15, 0.2) is 17.2 Å². The molecule has 2 heterocycles. The fraction of sp³-hybridized carbons (Fsp3) is 0.667. The minimum Gasteiger partial charge on any atom is -0.444 e.